The minimum atomic E-state index is -0.876. The SMILES string of the molecule is Br.O[C@@]1(c2ccccc2)CN2CCC[C@H]2c2ccccc21. The van der Waals surface area contributed by atoms with E-state index in [-0.39, 0.29) is 17.0 Å². The summed E-state index contributed by atoms with van der Waals surface area (Å²) in [5, 5.41) is 11.4. The molecule has 0 bridgehead atoms. The summed E-state index contributed by atoms with van der Waals surface area (Å²) >= 11 is 0. The second-order valence-electron chi connectivity index (χ2n) is 5.94. The first-order valence-corrected chi connectivity index (χ1v) is 7.40. The fraction of sp³-hybridized carbons (Fsp3) is 0.333. The van der Waals surface area contributed by atoms with Crippen LogP contribution in [0.5, 0.6) is 0 Å². The van der Waals surface area contributed by atoms with Gasteiger partial charge in [0.25, 0.3) is 0 Å². The van der Waals surface area contributed by atoms with Crippen molar-refractivity contribution in [3.8, 4) is 0 Å². The molecule has 2 atom stereocenters. The predicted octanol–water partition coefficient (Wildman–Crippen LogP) is 3.65. The molecule has 0 aromatic heterocycles. The Bertz CT molecular complexity index is 630. The van der Waals surface area contributed by atoms with E-state index in [1.165, 1.54) is 18.4 Å². The van der Waals surface area contributed by atoms with Crippen molar-refractivity contribution in [2.45, 2.75) is 24.5 Å². The molecule has 4 rings (SSSR count). The Kier molecular flexibility index (Phi) is 3.91. The molecule has 2 heterocycles. The molecule has 0 saturated carbocycles. The maximum Gasteiger partial charge on any atom is 0.128 e. The van der Waals surface area contributed by atoms with E-state index >= 15 is 0 Å². The van der Waals surface area contributed by atoms with Gasteiger partial charge in [-0.1, -0.05) is 54.6 Å². The molecule has 3 heteroatoms. The van der Waals surface area contributed by atoms with Gasteiger partial charge >= 0.3 is 0 Å². The summed E-state index contributed by atoms with van der Waals surface area (Å²) in [5.74, 6) is 0. The highest BCUT2D eigenvalue weighted by atomic mass is 79.9. The van der Waals surface area contributed by atoms with E-state index < -0.39 is 5.60 Å². The Hall–Kier alpha value is -1.16. The maximum atomic E-state index is 11.4. The Morgan fingerprint density at radius 1 is 1.00 bits per heavy atom. The van der Waals surface area contributed by atoms with Gasteiger partial charge in [0.1, 0.15) is 5.60 Å². The van der Waals surface area contributed by atoms with Crippen molar-refractivity contribution >= 4 is 17.0 Å². The molecule has 1 saturated heterocycles. The lowest BCUT2D eigenvalue weighted by Gasteiger charge is -2.43. The van der Waals surface area contributed by atoms with Crippen molar-refractivity contribution in [1.82, 2.24) is 4.90 Å². The molecule has 1 fully saturated rings. The summed E-state index contributed by atoms with van der Waals surface area (Å²) in [4.78, 5) is 2.44. The lowest BCUT2D eigenvalue weighted by Crippen LogP contribution is -2.46. The Labute approximate surface area is 136 Å². The van der Waals surface area contributed by atoms with Crippen LogP contribution in [0.1, 0.15) is 35.6 Å². The van der Waals surface area contributed by atoms with Crippen LogP contribution in [0.3, 0.4) is 0 Å². The number of benzene rings is 2. The fourth-order valence-corrected chi connectivity index (χ4v) is 3.87. The average molecular weight is 346 g/mol. The standard InChI is InChI=1S/C18H19NO.BrH/c20-18(14-7-2-1-3-8-14)13-19-12-6-11-17(19)15-9-4-5-10-16(15)18;/h1-5,7-10,17,20H,6,11-13H2;1H/t17-,18+;/m0./s1. The molecule has 0 aliphatic carbocycles. The molecule has 0 unspecified atom stereocenters. The Morgan fingerprint density at radius 3 is 2.52 bits per heavy atom. The molecule has 0 spiro atoms. The van der Waals surface area contributed by atoms with Crippen LogP contribution in [0.15, 0.2) is 54.6 Å². The van der Waals surface area contributed by atoms with Crippen LogP contribution in [-0.2, 0) is 5.60 Å². The van der Waals surface area contributed by atoms with Crippen molar-refractivity contribution in [2.75, 3.05) is 13.1 Å². The van der Waals surface area contributed by atoms with E-state index in [1.807, 2.05) is 36.4 Å². The number of halogens is 1. The number of aliphatic hydroxyl groups is 1. The van der Waals surface area contributed by atoms with Crippen molar-refractivity contribution in [3.05, 3.63) is 71.3 Å². The molecule has 2 aliphatic rings. The molecule has 110 valence electrons. The molecular formula is C18H20BrNO. The second-order valence-corrected chi connectivity index (χ2v) is 5.94. The highest BCUT2D eigenvalue weighted by Gasteiger charge is 2.44. The first-order valence-electron chi connectivity index (χ1n) is 7.40. The number of nitrogens with zero attached hydrogens (tertiary/aromatic N) is 1. The molecule has 2 aromatic carbocycles. The minimum absolute atomic E-state index is 0. The number of hydrogen-bond donors (Lipinski definition) is 1. The third-order valence-corrected chi connectivity index (χ3v) is 4.81. The van der Waals surface area contributed by atoms with Gasteiger partial charge in [0.2, 0.25) is 0 Å². The van der Waals surface area contributed by atoms with Crippen molar-refractivity contribution in [3.63, 3.8) is 0 Å². The molecule has 0 amide bonds. The van der Waals surface area contributed by atoms with Gasteiger partial charge < -0.3 is 5.11 Å². The number of fused-ring (bicyclic) bond motifs is 3. The summed E-state index contributed by atoms with van der Waals surface area (Å²) < 4.78 is 0. The van der Waals surface area contributed by atoms with Crippen LogP contribution in [-0.4, -0.2) is 23.1 Å². The summed E-state index contributed by atoms with van der Waals surface area (Å²) in [6, 6.07) is 19.0. The minimum Gasteiger partial charge on any atom is -0.379 e. The molecule has 21 heavy (non-hydrogen) atoms. The lowest BCUT2D eigenvalue weighted by molar-refractivity contribution is 0.0148. The monoisotopic (exact) mass is 345 g/mol. The first-order chi connectivity index (χ1) is 9.79. The third-order valence-electron chi connectivity index (χ3n) is 4.81. The Morgan fingerprint density at radius 2 is 1.71 bits per heavy atom. The highest BCUT2D eigenvalue weighted by molar-refractivity contribution is 8.93. The molecule has 2 nitrogen and oxygen atoms in total. The van der Waals surface area contributed by atoms with Crippen LogP contribution in [0.2, 0.25) is 0 Å². The normalized spacial score (nSPS) is 27.6. The molecular weight excluding hydrogens is 326 g/mol. The van der Waals surface area contributed by atoms with Gasteiger partial charge in [-0.3, -0.25) is 4.90 Å². The van der Waals surface area contributed by atoms with Gasteiger partial charge in [0.15, 0.2) is 0 Å². The molecule has 2 aliphatic heterocycles. The topological polar surface area (TPSA) is 23.5 Å². The zero-order valence-electron chi connectivity index (χ0n) is 11.9. The van der Waals surface area contributed by atoms with Gasteiger partial charge in [-0.25, -0.2) is 0 Å². The van der Waals surface area contributed by atoms with E-state index in [0.29, 0.717) is 12.6 Å². The van der Waals surface area contributed by atoms with Crippen LogP contribution in [0.4, 0.5) is 0 Å². The first kappa shape index (κ1) is 14.8. The number of hydrogen-bond acceptors (Lipinski definition) is 2. The van der Waals surface area contributed by atoms with Gasteiger partial charge in [-0.05, 0) is 36.1 Å². The zero-order chi connectivity index (χ0) is 13.6. The summed E-state index contributed by atoms with van der Waals surface area (Å²) in [5.41, 5.74) is 2.52. The van der Waals surface area contributed by atoms with E-state index in [2.05, 4.69) is 23.1 Å². The lowest BCUT2D eigenvalue weighted by atomic mass is 9.78. The van der Waals surface area contributed by atoms with Gasteiger partial charge in [0.05, 0.1) is 0 Å². The van der Waals surface area contributed by atoms with Crippen molar-refractivity contribution < 1.29 is 5.11 Å². The summed E-state index contributed by atoms with van der Waals surface area (Å²) in [7, 11) is 0. The van der Waals surface area contributed by atoms with Crippen molar-refractivity contribution in [1.29, 1.82) is 0 Å². The van der Waals surface area contributed by atoms with Gasteiger partial charge in [-0.15, -0.1) is 17.0 Å². The van der Waals surface area contributed by atoms with Gasteiger partial charge in [-0.2, -0.15) is 0 Å². The quantitative estimate of drug-likeness (QED) is 0.852. The third kappa shape index (κ3) is 2.24. The molecule has 2 aromatic rings. The largest absolute Gasteiger partial charge is 0.379 e. The second kappa shape index (κ2) is 5.56. The van der Waals surface area contributed by atoms with E-state index in [1.54, 1.807) is 0 Å². The molecule has 1 N–H and O–H groups in total. The van der Waals surface area contributed by atoms with Gasteiger partial charge in [0, 0.05) is 12.6 Å². The molecule has 0 radical (unpaired) electrons. The Balaban J connectivity index is 0.00000132. The summed E-state index contributed by atoms with van der Waals surface area (Å²) in [6.45, 7) is 1.80. The van der Waals surface area contributed by atoms with Crippen molar-refractivity contribution in [2.24, 2.45) is 0 Å². The average Bonchev–Trinajstić information content (AvgIpc) is 2.97. The maximum absolute atomic E-state index is 11.4. The summed E-state index contributed by atoms with van der Waals surface area (Å²) in [6.07, 6.45) is 2.44. The smallest absolute Gasteiger partial charge is 0.128 e. The zero-order valence-corrected chi connectivity index (χ0v) is 13.6. The van der Waals surface area contributed by atoms with Crippen LogP contribution >= 0.6 is 17.0 Å². The van der Waals surface area contributed by atoms with E-state index in [0.717, 1.165) is 17.7 Å². The van der Waals surface area contributed by atoms with Crippen LogP contribution < -0.4 is 0 Å². The fourth-order valence-electron chi connectivity index (χ4n) is 3.87. The van der Waals surface area contributed by atoms with E-state index in [4.69, 9.17) is 0 Å². The van der Waals surface area contributed by atoms with E-state index in [9.17, 15) is 5.11 Å². The van der Waals surface area contributed by atoms with Crippen LogP contribution in [0.25, 0.3) is 0 Å². The number of rotatable bonds is 1. The predicted molar refractivity (Wildman–Crippen MR) is 89.8 cm³/mol. The highest BCUT2D eigenvalue weighted by Crippen LogP contribution is 2.45. The van der Waals surface area contributed by atoms with Crippen LogP contribution in [0, 0.1) is 0 Å².